The van der Waals surface area contributed by atoms with E-state index in [4.69, 9.17) is 5.73 Å². The highest BCUT2D eigenvalue weighted by atomic mass is 16.2. The zero-order valence-corrected chi connectivity index (χ0v) is 14.9. The predicted molar refractivity (Wildman–Crippen MR) is 102 cm³/mol. The third-order valence-electron chi connectivity index (χ3n) is 4.38. The molecule has 1 heterocycles. The number of hydrogen-bond acceptors (Lipinski definition) is 3. The molecule has 0 radical (unpaired) electrons. The second-order valence-electron chi connectivity index (χ2n) is 6.49. The molecule has 4 amide bonds. The van der Waals surface area contributed by atoms with Gasteiger partial charge in [-0.05, 0) is 35.7 Å². The van der Waals surface area contributed by atoms with Crippen LogP contribution in [0.5, 0.6) is 0 Å². The highest BCUT2D eigenvalue weighted by molar-refractivity contribution is 5.96. The summed E-state index contributed by atoms with van der Waals surface area (Å²) in [6.45, 7) is 1.77. The van der Waals surface area contributed by atoms with Crippen molar-refractivity contribution in [1.82, 2.24) is 10.2 Å². The Labute approximate surface area is 157 Å². The summed E-state index contributed by atoms with van der Waals surface area (Å²) >= 11 is 0. The molecule has 0 unspecified atom stereocenters. The first-order valence-electron chi connectivity index (χ1n) is 8.81. The molecule has 0 bridgehead atoms. The van der Waals surface area contributed by atoms with E-state index in [2.05, 4.69) is 10.6 Å². The molecule has 1 saturated heterocycles. The van der Waals surface area contributed by atoms with E-state index in [1.54, 1.807) is 24.3 Å². The minimum absolute atomic E-state index is 0.193. The van der Waals surface area contributed by atoms with Crippen molar-refractivity contribution in [3.63, 3.8) is 0 Å². The summed E-state index contributed by atoms with van der Waals surface area (Å²) in [7, 11) is 0. The van der Waals surface area contributed by atoms with Crippen molar-refractivity contribution < 1.29 is 14.4 Å². The molecule has 1 aliphatic heterocycles. The number of carbonyl (C=O) groups is 3. The van der Waals surface area contributed by atoms with Crippen molar-refractivity contribution in [1.29, 1.82) is 0 Å². The topological polar surface area (TPSA) is 105 Å². The molecule has 0 aliphatic carbocycles. The Morgan fingerprint density at radius 2 is 1.85 bits per heavy atom. The molecule has 4 N–H and O–H groups in total. The molecule has 1 fully saturated rings. The van der Waals surface area contributed by atoms with Gasteiger partial charge in [-0.1, -0.05) is 30.3 Å². The Balaban J connectivity index is 1.59. The van der Waals surface area contributed by atoms with Gasteiger partial charge in [-0.25, -0.2) is 4.79 Å². The number of likely N-dealkylation sites (tertiary alicyclic amines) is 1. The van der Waals surface area contributed by atoms with Crippen molar-refractivity contribution >= 4 is 23.5 Å². The standard InChI is InChI=1S/C20H22N4O3/c21-20(27)23-17-7-2-6-16(11-17)19(26)22-12-14-4-1-5-15(10-14)13-24-9-3-8-18(24)25/h1-2,4-7,10-11H,3,8-9,12-13H2,(H,22,26)(H3,21,23,27). The monoisotopic (exact) mass is 366 g/mol. The highest BCUT2D eigenvalue weighted by Crippen LogP contribution is 2.15. The number of nitrogens with zero attached hydrogens (tertiary/aromatic N) is 1. The molecule has 3 rings (SSSR count). The van der Waals surface area contributed by atoms with E-state index >= 15 is 0 Å². The SMILES string of the molecule is NC(=O)Nc1cccc(C(=O)NCc2cccc(CN3CCCC3=O)c2)c1. The van der Waals surface area contributed by atoms with Crippen LogP contribution in [0.15, 0.2) is 48.5 Å². The fraction of sp³-hybridized carbons (Fsp3) is 0.250. The maximum Gasteiger partial charge on any atom is 0.316 e. The molecule has 7 heteroatoms. The molecule has 1 aliphatic rings. The van der Waals surface area contributed by atoms with E-state index in [9.17, 15) is 14.4 Å². The number of benzene rings is 2. The van der Waals surface area contributed by atoms with Gasteiger partial charge in [0.15, 0.2) is 0 Å². The molecular formula is C20H22N4O3. The van der Waals surface area contributed by atoms with E-state index in [0.717, 1.165) is 24.1 Å². The van der Waals surface area contributed by atoms with Gasteiger partial charge in [-0.3, -0.25) is 9.59 Å². The number of rotatable bonds is 6. The summed E-state index contributed by atoms with van der Waals surface area (Å²) in [6, 6.07) is 13.7. The number of carbonyl (C=O) groups excluding carboxylic acids is 3. The summed E-state index contributed by atoms with van der Waals surface area (Å²) < 4.78 is 0. The Morgan fingerprint density at radius 1 is 1.07 bits per heavy atom. The van der Waals surface area contributed by atoms with Crippen LogP contribution in [0, 0.1) is 0 Å². The van der Waals surface area contributed by atoms with Crippen molar-refractivity contribution in [2.45, 2.75) is 25.9 Å². The van der Waals surface area contributed by atoms with Crippen LogP contribution in [0.4, 0.5) is 10.5 Å². The number of hydrogen-bond donors (Lipinski definition) is 3. The third-order valence-corrected chi connectivity index (χ3v) is 4.38. The fourth-order valence-corrected chi connectivity index (χ4v) is 3.09. The molecule has 2 aromatic carbocycles. The summed E-state index contributed by atoms with van der Waals surface area (Å²) in [5, 5.41) is 5.31. The van der Waals surface area contributed by atoms with Gasteiger partial charge in [0, 0.05) is 37.3 Å². The van der Waals surface area contributed by atoms with Crippen molar-refractivity contribution in [2.24, 2.45) is 5.73 Å². The van der Waals surface area contributed by atoms with Gasteiger partial charge in [-0.2, -0.15) is 0 Å². The molecule has 140 valence electrons. The van der Waals surface area contributed by atoms with Gasteiger partial charge in [-0.15, -0.1) is 0 Å². The van der Waals surface area contributed by atoms with Gasteiger partial charge in [0.05, 0.1) is 0 Å². The maximum atomic E-state index is 12.4. The molecule has 0 saturated carbocycles. The number of nitrogens with two attached hydrogens (primary N) is 1. The second kappa shape index (κ2) is 8.35. The Bertz CT molecular complexity index is 866. The summed E-state index contributed by atoms with van der Waals surface area (Å²) in [5.74, 6) is -0.0543. The van der Waals surface area contributed by atoms with E-state index in [1.165, 1.54) is 0 Å². The zero-order valence-electron chi connectivity index (χ0n) is 14.9. The number of anilines is 1. The number of amides is 4. The van der Waals surface area contributed by atoms with Crippen LogP contribution < -0.4 is 16.4 Å². The van der Waals surface area contributed by atoms with Gasteiger partial charge < -0.3 is 21.3 Å². The molecule has 0 atom stereocenters. The van der Waals surface area contributed by atoms with Gasteiger partial charge in [0.2, 0.25) is 5.91 Å². The molecule has 0 aromatic heterocycles. The second-order valence-corrected chi connectivity index (χ2v) is 6.49. The smallest absolute Gasteiger partial charge is 0.316 e. The van der Waals surface area contributed by atoms with Crippen LogP contribution in [-0.2, 0) is 17.9 Å². The quantitative estimate of drug-likeness (QED) is 0.730. The lowest BCUT2D eigenvalue weighted by Crippen LogP contribution is -2.25. The van der Waals surface area contributed by atoms with Crippen LogP contribution in [-0.4, -0.2) is 29.3 Å². The lowest BCUT2D eigenvalue weighted by Gasteiger charge is -2.16. The lowest BCUT2D eigenvalue weighted by atomic mass is 10.1. The van der Waals surface area contributed by atoms with Crippen molar-refractivity contribution in [3.05, 3.63) is 65.2 Å². The van der Waals surface area contributed by atoms with E-state index in [0.29, 0.717) is 30.8 Å². The first kappa shape index (κ1) is 18.4. The van der Waals surface area contributed by atoms with Crippen LogP contribution in [0.2, 0.25) is 0 Å². The van der Waals surface area contributed by atoms with E-state index in [1.807, 2.05) is 29.2 Å². The minimum atomic E-state index is -0.680. The Hall–Kier alpha value is -3.35. The average Bonchev–Trinajstić information content (AvgIpc) is 3.04. The van der Waals surface area contributed by atoms with Gasteiger partial charge >= 0.3 is 6.03 Å². The summed E-state index contributed by atoms with van der Waals surface area (Å²) in [5.41, 5.74) is 7.99. The maximum absolute atomic E-state index is 12.4. The van der Waals surface area contributed by atoms with E-state index in [-0.39, 0.29) is 11.8 Å². The third kappa shape index (κ3) is 5.07. The van der Waals surface area contributed by atoms with Crippen LogP contribution in [0.3, 0.4) is 0 Å². The molecule has 2 aromatic rings. The highest BCUT2D eigenvalue weighted by Gasteiger charge is 2.19. The largest absolute Gasteiger partial charge is 0.351 e. The molecule has 7 nitrogen and oxygen atoms in total. The number of urea groups is 1. The van der Waals surface area contributed by atoms with Crippen molar-refractivity contribution in [2.75, 3.05) is 11.9 Å². The first-order valence-corrected chi connectivity index (χ1v) is 8.81. The number of nitrogens with one attached hydrogen (secondary N) is 2. The minimum Gasteiger partial charge on any atom is -0.351 e. The zero-order chi connectivity index (χ0) is 19.2. The lowest BCUT2D eigenvalue weighted by molar-refractivity contribution is -0.128. The van der Waals surface area contributed by atoms with Crippen LogP contribution in [0.25, 0.3) is 0 Å². The summed E-state index contributed by atoms with van der Waals surface area (Å²) in [6.07, 6.45) is 1.54. The average molecular weight is 366 g/mol. The fourth-order valence-electron chi connectivity index (χ4n) is 3.09. The number of primary amides is 1. The van der Waals surface area contributed by atoms with Crippen molar-refractivity contribution in [3.8, 4) is 0 Å². The normalized spacial score (nSPS) is 13.5. The molecule has 0 spiro atoms. The molecule has 27 heavy (non-hydrogen) atoms. The summed E-state index contributed by atoms with van der Waals surface area (Å²) in [4.78, 5) is 36.9. The van der Waals surface area contributed by atoms with Crippen LogP contribution >= 0.6 is 0 Å². The Morgan fingerprint density at radius 3 is 2.59 bits per heavy atom. The Kier molecular flexibility index (Phi) is 5.71. The van der Waals surface area contributed by atoms with Gasteiger partial charge in [0.1, 0.15) is 0 Å². The first-order chi connectivity index (χ1) is 13.0. The van der Waals surface area contributed by atoms with Crippen LogP contribution in [0.1, 0.15) is 34.3 Å². The van der Waals surface area contributed by atoms with Gasteiger partial charge in [0.25, 0.3) is 5.91 Å². The van der Waals surface area contributed by atoms with E-state index < -0.39 is 6.03 Å². The molecular weight excluding hydrogens is 344 g/mol. The predicted octanol–water partition coefficient (Wildman–Crippen LogP) is 2.23.